The van der Waals surface area contributed by atoms with Crippen molar-refractivity contribution in [1.82, 2.24) is 25.3 Å². The van der Waals surface area contributed by atoms with Crippen LogP contribution in [0.25, 0.3) is 5.69 Å². The van der Waals surface area contributed by atoms with E-state index in [0.29, 0.717) is 0 Å². The lowest BCUT2D eigenvalue weighted by atomic mass is 9.99. The van der Waals surface area contributed by atoms with Crippen molar-refractivity contribution < 1.29 is 18.0 Å². The molecule has 0 spiro atoms. The van der Waals surface area contributed by atoms with Gasteiger partial charge < -0.3 is 5.32 Å². The van der Waals surface area contributed by atoms with Gasteiger partial charge in [0, 0.05) is 12.4 Å². The van der Waals surface area contributed by atoms with Crippen LogP contribution in [0.5, 0.6) is 0 Å². The van der Waals surface area contributed by atoms with Crippen LogP contribution < -0.4 is 5.32 Å². The SMILES string of the molecule is O=C(NC(c1ccccc1)c1ccncc1)c1cn(-c2ccccc2C(F)(F)F)nn1. The molecule has 1 unspecified atom stereocenters. The van der Waals surface area contributed by atoms with E-state index in [9.17, 15) is 18.0 Å². The first-order valence-corrected chi connectivity index (χ1v) is 9.28. The predicted molar refractivity (Wildman–Crippen MR) is 106 cm³/mol. The van der Waals surface area contributed by atoms with Crippen LogP contribution in [-0.4, -0.2) is 25.9 Å². The summed E-state index contributed by atoms with van der Waals surface area (Å²) >= 11 is 0. The zero-order chi connectivity index (χ0) is 21.8. The van der Waals surface area contributed by atoms with Crippen LogP contribution >= 0.6 is 0 Å². The molecule has 0 radical (unpaired) electrons. The Labute approximate surface area is 175 Å². The number of nitrogens with one attached hydrogen (secondary N) is 1. The summed E-state index contributed by atoms with van der Waals surface area (Å²) in [4.78, 5) is 16.9. The number of halogens is 3. The summed E-state index contributed by atoms with van der Waals surface area (Å²) in [6.07, 6.45) is -0.164. The van der Waals surface area contributed by atoms with Crippen LogP contribution in [0.1, 0.15) is 33.2 Å². The molecule has 0 saturated carbocycles. The van der Waals surface area contributed by atoms with Crippen LogP contribution in [0.2, 0.25) is 0 Å². The highest BCUT2D eigenvalue weighted by molar-refractivity contribution is 5.92. The van der Waals surface area contributed by atoms with Crippen molar-refractivity contribution in [3.05, 3.63) is 108 Å². The molecule has 0 aliphatic heterocycles. The number of benzene rings is 2. The van der Waals surface area contributed by atoms with Gasteiger partial charge in [0.25, 0.3) is 5.91 Å². The number of alkyl halides is 3. The molecule has 0 saturated heterocycles. The van der Waals surface area contributed by atoms with Crippen LogP contribution in [0.4, 0.5) is 13.2 Å². The maximum Gasteiger partial charge on any atom is 0.418 e. The van der Waals surface area contributed by atoms with Gasteiger partial charge in [-0.05, 0) is 35.4 Å². The lowest BCUT2D eigenvalue weighted by Crippen LogP contribution is -2.29. The molecule has 0 fully saturated rings. The van der Waals surface area contributed by atoms with Gasteiger partial charge >= 0.3 is 6.18 Å². The smallest absolute Gasteiger partial charge is 0.340 e. The Bertz CT molecular complexity index is 1140. The molecule has 2 heterocycles. The molecule has 0 aliphatic carbocycles. The summed E-state index contributed by atoms with van der Waals surface area (Å²) in [5, 5.41) is 10.4. The first-order chi connectivity index (χ1) is 14.9. The first kappa shape index (κ1) is 20.3. The third kappa shape index (κ3) is 4.45. The molecular weight excluding hydrogens is 407 g/mol. The van der Waals surface area contributed by atoms with Gasteiger partial charge in [0.15, 0.2) is 5.69 Å². The van der Waals surface area contributed by atoms with E-state index in [0.717, 1.165) is 21.9 Å². The number of nitrogens with zero attached hydrogens (tertiary/aromatic N) is 4. The predicted octanol–water partition coefficient (Wildman–Crippen LogP) is 4.20. The Morgan fingerprint density at radius 2 is 1.55 bits per heavy atom. The number of aromatic nitrogens is 4. The first-order valence-electron chi connectivity index (χ1n) is 9.28. The van der Waals surface area contributed by atoms with Crippen molar-refractivity contribution >= 4 is 5.91 Å². The highest BCUT2D eigenvalue weighted by atomic mass is 19.4. The number of amides is 1. The van der Waals surface area contributed by atoms with Crippen molar-refractivity contribution in [2.45, 2.75) is 12.2 Å². The molecule has 2 aromatic heterocycles. The molecule has 2 aromatic carbocycles. The summed E-state index contributed by atoms with van der Waals surface area (Å²) in [5.74, 6) is -0.568. The van der Waals surface area contributed by atoms with Crippen LogP contribution in [0, 0.1) is 0 Å². The van der Waals surface area contributed by atoms with Crippen molar-refractivity contribution in [3.63, 3.8) is 0 Å². The zero-order valence-corrected chi connectivity index (χ0v) is 16.0. The minimum absolute atomic E-state index is 0.105. The van der Waals surface area contributed by atoms with Gasteiger partial charge in [0.1, 0.15) is 0 Å². The van der Waals surface area contributed by atoms with Crippen LogP contribution in [0.3, 0.4) is 0 Å². The van der Waals surface area contributed by atoms with Crippen molar-refractivity contribution in [2.24, 2.45) is 0 Å². The Morgan fingerprint density at radius 1 is 0.903 bits per heavy atom. The van der Waals surface area contributed by atoms with E-state index in [1.165, 1.54) is 24.4 Å². The Morgan fingerprint density at radius 3 is 2.26 bits per heavy atom. The second-order valence-corrected chi connectivity index (χ2v) is 6.66. The number of carbonyl (C=O) groups excluding carboxylic acids is 1. The molecule has 1 atom stereocenters. The average molecular weight is 423 g/mol. The van der Waals surface area contributed by atoms with Gasteiger partial charge in [-0.2, -0.15) is 13.2 Å². The highest BCUT2D eigenvalue weighted by Crippen LogP contribution is 2.33. The monoisotopic (exact) mass is 423 g/mol. The molecule has 1 N–H and O–H groups in total. The number of hydrogen-bond acceptors (Lipinski definition) is 4. The molecule has 0 aliphatic rings. The van der Waals surface area contributed by atoms with E-state index in [1.807, 2.05) is 30.3 Å². The molecule has 1 amide bonds. The summed E-state index contributed by atoms with van der Waals surface area (Å²) in [5.41, 5.74) is 0.439. The Balaban J connectivity index is 1.63. The summed E-state index contributed by atoms with van der Waals surface area (Å²) in [6, 6.07) is 17.3. The average Bonchev–Trinajstić information content (AvgIpc) is 3.28. The van der Waals surface area contributed by atoms with Crippen LogP contribution in [0.15, 0.2) is 85.3 Å². The van der Waals surface area contributed by atoms with Gasteiger partial charge in [-0.3, -0.25) is 9.78 Å². The summed E-state index contributed by atoms with van der Waals surface area (Å²) < 4.78 is 40.8. The fraction of sp³-hybridized carbons (Fsp3) is 0.0909. The molecular formula is C22H16F3N5O. The van der Waals surface area contributed by atoms with Crippen molar-refractivity contribution in [3.8, 4) is 5.69 Å². The van der Waals surface area contributed by atoms with Gasteiger partial charge in [0.05, 0.1) is 23.5 Å². The minimum Gasteiger partial charge on any atom is -0.340 e. The van der Waals surface area contributed by atoms with Crippen molar-refractivity contribution in [1.29, 1.82) is 0 Å². The number of hydrogen-bond donors (Lipinski definition) is 1. The third-order valence-electron chi connectivity index (χ3n) is 4.63. The molecule has 31 heavy (non-hydrogen) atoms. The van der Waals surface area contributed by atoms with E-state index >= 15 is 0 Å². The van der Waals surface area contributed by atoms with E-state index in [-0.39, 0.29) is 11.4 Å². The van der Waals surface area contributed by atoms with E-state index in [2.05, 4.69) is 20.6 Å². The van der Waals surface area contributed by atoms with Crippen LogP contribution in [-0.2, 0) is 6.18 Å². The van der Waals surface area contributed by atoms with E-state index in [4.69, 9.17) is 0 Å². The second kappa shape index (κ2) is 8.39. The minimum atomic E-state index is -4.56. The maximum atomic E-state index is 13.3. The quantitative estimate of drug-likeness (QED) is 0.522. The van der Waals surface area contributed by atoms with Crippen molar-refractivity contribution in [2.75, 3.05) is 0 Å². The molecule has 4 rings (SSSR count). The molecule has 0 bridgehead atoms. The highest BCUT2D eigenvalue weighted by Gasteiger charge is 2.34. The van der Waals surface area contributed by atoms with Gasteiger partial charge in [-0.15, -0.1) is 5.10 Å². The van der Waals surface area contributed by atoms with Gasteiger partial charge in [-0.1, -0.05) is 47.7 Å². The Kier molecular flexibility index (Phi) is 5.48. The van der Waals surface area contributed by atoms with E-state index in [1.54, 1.807) is 24.5 Å². The molecule has 6 nitrogen and oxygen atoms in total. The maximum absolute atomic E-state index is 13.3. The lowest BCUT2D eigenvalue weighted by molar-refractivity contribution is -0.137. The molecule has 156 valence electrons. The van der Waals surface area contributed by atoms with Gasteiger partial charge in [-0.25, -0.2) is 4.68 Å². The topological polar surface area (TPSA) is 72.7 Å². The standard InChI is InChI=1S/C22H16F3N5O/c23-22(24,25)17-8-4-5-9-19(17)30-14-18(28-29-30)21(31)27-20(15-6-2-1-3-7-15)16-10-12-26-13-11-16/h1-14,20H,(H,27,31). The van der Waals surface area contributed by atoms with Gasteiger partial charge in [0.2, 0.25) is 0 Å². The number of para-hydroxylation sites is 1. The van der Waals surface area contributed by atoms with E-state index < -0.39 is 23.7 Å². The largest absolute Gasteiger partial charge is 0.418 e. The third-order valence-corrected chi connectivity index (χ3v) is 4.63. The Hall–Kier alpha value is -4.01. The zero-order valence-electron chi connectivity index (χ0n) is 16.0. The number of pyridine rings is 1. The number of rotatable bonds is 5. The normalized spacial score (nSPS) is 12.4. The molecule has 9 heteroatoms. The number of carbonyl (C=O) groups is 1. The fourth-order valence-electron chi connectivity index (χ4n) is 3.16. The fourth-order valence-corrected chi connectivity index (χ4v) is 3.16. The summed E-state index contributed by atoms with van der Waals surface area (Å²) in [7, 11) is 0. The molecule has 4 aromatic rings. The second-order valence-electron chi connectivity index (χ2n) is 6.66. The lowest BCUT2D eigenvalue weighted by Gasteiger charge is -2.19. The summed E-state index contributed by atoms with van der Waals surface area (Å²) in [6.45, 7) is 0.